The first kappa shape index (κ1) is 17.2. The summed E-state index contributed by atoms with van der Waals surface area (Å²) in [7, 11) is -3.84. The molecule has 4 rings (SSSR count). The molecule has 0 aliphatic carbocycles. The summed E-state index contributed by atoms with van der Waals surface area (Å²) in [5, 5.41) is 9.68. The van der Waals surface area contributed by atoms with Crippen LogP contribution >= 0.6 is 0 Å². The van der Waals surface area contributed by atoms with Gasteiger partial charge in [-0.2, -0.15) is 0 Å². The van der Waals surface area contributed by atoms with Gasteiger partial charge in [0.15, 0.2) is 0 Å². The Kier molecular flexibility index (Phi) is 3.94. The number of hydrogen-bond donors (Lipinski definition) is 2. The highest BCUT2D eigenvalue weighted by Gasteiger charge is 2.28. The molecule has 7 nitrogen and oxygen atoms in total. The van der Waals surface area contributed by atoms with Crippen LogP contribution in [-0.2, 0) is 19.6 Å². The molecule has 0 spiro atoms. The Morgan fingerprint density at radius 3 is 2.33 bits per heavy atom. The average molecular weight is 381 g/mol. The van der Waals surface area contributed by atoms with Crippen molar-refractivity contribution < 1.29 is 18.0 Å². The smallest absolute Gasteiger partial charge is 0.241 e. The first-order valence-electron chi connectivity index (χ1n) is 8.12. The van der Waals surface area contributed by atoms with Crippen LogP contribution in [0.15, 0.2) is 65.6 Å². The Balaban J connectivity index is 1.92. The Labute approximate surface area is 155 Å². The first-order chi connectivity index (χ1) is 12.8. The Hall–Kier alpha value is -3.23. The van der Waals surface area contributed by atoms with Gasteiger partial charge in [0.1, 0.15) is 6.42 Å². The van der Waals surface area contributed by atoms with Gasteiger partial charge >= 0.3 is 0 Å². The number of amides is 2. The number of hydrogen-bond acceptors (Lipinski definition) is 4. The maximum Gasteiger partial charge on any atom is 0.241 e. The van der Waals surface area contributed by atoms with E-state index in [0.29, 0.717) is 17.1 Å². The molecule has 2 amide bonds. The number of sulfonamides is 1. The summed E-state index contributed by atoms with van der Waals surface area (Å²) in [5.74, 6) is -0.814. The molecule has 1 heterocycles. The second-order valence-corrected chi connectivity index (χ2v) is 7.74. The van der Waals surface area contributed by atoms with Gasteiger partial charge in [-0.1, -0.05) is 30.3 Å². The van der Waals surface area contributed by atoms with Crippen LogP contribution in [0.5, 0.6) is 0 Å². The summed E-state index contributed by atoms with van der Waals surface area (Å²) in [4.78, 5) is 26.3. The molecule has 0 saturated carbocycles. The van der Waals surface area contributed by atoms with Crippen LogP contribution < -0.4 is 15.4 Å². The van der Waals surface area contributed by atoms with Crippen molar-refractivity contribution in [3.63, 3.8) is 0 Å². The Morgan fingerprint density at radius 2 is 1.63 bits per heavy atom. The number of nitrogens with one attached hydrogen (secondary N) is 1. The predicted octanol–water partition coefficient (Wildman–Crippen LogP) is 2.49. The fraction of sp³-hybridized carbons (Fsp3) is 0.0526. The lowest BCUT2D eigenvalue weighted by Crippen LogP contribution is -2.26. The first-order valence-corrected chi connectivity index (χ1v) is 9.67. The molecule has 0 aromatic heterocycles. The number of carbonyl (C=O) groups is 2. The molecule has 0 atom stereocenters. The fourth-order valence-electron chi connectivity index (χ4n) is 3.18. The number of nitrogens with two attached hydrogens (primary N) is 1. The van der Waals surface area contributed by atoms with Crippen molar-refractivity contribution in [3.05, 3.63) is 60.7 Å². The molecule has 1 aliphatic heterocycles. The summed E-state index contributed by atoms with van der Waals surface area (Å²) < 4.78 is 22.9. The number of anilines is 3. The molecule has 3 aromatic rings. The summed E-state index contributed by atoms with van der Waals surface area (Å²) in [6.45, 7) is 0. The third-order valence-electron chi connectivity index (χ3n) is 4.40. The third-order valence-corrected chi connectivity index (χ3v) is 5.33. The van der Waals surface area contributed by atoms with E-state index in [1.807, 2.05) is 30.3 Å². The van der Waals surface area contributed by atoms with Crippen molar-refractivity contribution in [1.29, 1.82) is 0 Å². The predicted molar refractivity (Wildman–Crippen MR) is 102 cm³/mol. The summed E-state index contributed by atoms with van der Waals surface area (Å²) in [6.07, 6.45) is -0.319. The summed E-state index contributed by atoms with van der Waals surface area (Å²) >= 11 is 0. The van der Waals surface area contributed by atoms with Crippen molar-refractivity contribution in [3.8, 4) is 0 Å². The van der Waals surface area contributed by atoms with Gasteiger partial charge in [0.05, 0.1) is 16.3 Å². The largest absolute Gasteiger partial charge is 0.323 e. The lowest BCUT2D eigenvalue weighted by atomic mass is 10.1. The number of primary sulfonamides is 1. The van der Waals surface area contributed by atoms with E-state index < -0.39 is 21.8 Å². The normalized spacial score (nSPS) is 14.6. The number of benzene rings is 3. The molecule has 27 heavy (non-hydrogen) atoms. The van der Waals surface area contributed by atoms with Gasteiger partial charge in [-0.05, 0) is 35.7 Å². The maximum absolute atomic E-state index is 12.7. The van der Waals surface area contributed by atoms with Crippen molar-refractivity contribution in [2.75, 3.05) is 10.2 Å². The van der Waals surface area contributed by atoms with Crippen molar-refractivity contribution >= 4 is 49.7 Å². The van der Waals surface area contributed by atoms with E-state index in [-0.39, 0.29) is 11.3 Å². The topological polar surface area (TPSA) is 110 Å². The van der Waals surface area contributed by atoms with Gasteiger partial charge in [-0.25, -0.2) is 13.6 Å². The highest BCUT2D eigenvalue weighted by molar-refractivity contribution is 7.89. The minimum absolute atomic E-state index is 0.0542. The molecule has 0 radical (unpaired) electrons. The minimum Gasteiger partial charge on any atom is -0.323 e. The maximum atomic E-state index is 12.7. The van der Waals surface area contributed by atoms with Gasteiger partial charge in [-0.3, -0.25) is 14.5 Å². The van der Waals surface area contributed by atoms with Gasteiger partial charge < -0.3 is 5.32 Å². The van der Waals surface area contributed by atoms with Crippen LogP contribution in [0.1, 0.15) is 6.42 Å². The molecule has 3 aromatic carbocycles. The molecular weight excluding hydrogens is 366 g/mol. The van der Waals surface area contributed by atoms with E-state index >= 15 is 0 Å². The number of rotatable bonds is 2. The van der Waals surface area contributed by atoms with Crippen LogP contribution in [0.25, 0.3) is 10.8 Å². The Morgan fingerprint density at radius 1 is 0.926 bits per heavy atom. The van der Waals surface area contributed by atoms with Crippen LogP contribution in [0.3, 0.4) is 0 Å². The molecule has 0 bridgehead atoms. The standard InChI is InChI=1S/C19H15N3O4S/c20-27(25,26)14-8-6-13(7-9-14)22-16-10-5-12-3-1-2-4-15(12)19(16)21-17(23)11-18(22)24/h1-10H,11H2,(H,21,23)(H2,20,25,26). The lowest BCUT2D eigenvalue weighted by Gasteiger charge is -2.23. The summed E-state index contributed by atoms with van der Waals surface area (Å²) in [6, 6.07) is 16.8. The monoisotopic (exact) mass is 381 g/mol. The lowest BCUT2D eigenvalue weighted by molar-refractivity contribution is -0.124. The van der Waals surface area contributed by atoms with Crippen LogP contribution in [0.2, 0.25) is 0 Å². The van der Waals surface area contributed by atoms with Crippen LogP contribution in [0, 0.1) is 0 Å². The molecule has 3 N–H and O–H groups in total. The number of carbonyl (C=O) groups excluding carboxylic acids is 2. The van der Waals surface area contributed by atoms with E-state index in [4.69, 9.17) is 5.14 Å². The van der Waals surface area contributed by atoms with Crippen LogP contribution in [-0.4, -0.2) is 20.2 Å². The molecular formula is C19H15N3O4S. The van der Waals surface area contributed by atoms with Gasteiger partial charge in [0.2, 0.25) is 21.8 Å². The zero-order valence-electron chi connectivity index (χ0n) is 14.0. The van der Waals surface area contributed by atoms with Crippen molar-refractivity contribution in [1.82, 2.24) is 0 Å². The summed E-state index contributed by atoms with van der Waals surface area (Å²) in [5.41, 5.74) is 1.51. The zero-order chi connectivity index (χ0) is 19.2. The van der Waals surface area contributed by atoms with Crippen LogP contribution in [0.4, 0.5) is 17.1 Å². The van der Waals surface area contributed by atoms with E-state index in [1.54, 1.807) is 6.07 Å². The second kappa shape index (κ2) is 6.19. The van der Waals surface area contributed by atoms with E-state index in [1.165, 1.54) is 29.2 Å². The number of fused-ring (bicyclic) bond motifs is 3. The van der Waals surface area contributed by atoms with E-state index in [0.717, 1.165) is 10.8 Å². The highest BCUT2D eigenvalue weighted by atomic mass is 32.2. The van der Waals surface area contributed by atoms with Crippen molar-refractivity contribution in [2.45, 2.75) is 11.3 Å². The molecule has 8 heteroatoms. The quantitative estimate of drug-likeness (QED) is 0.665. The average Bonchev–Trinajstić information content (AvgIpc) is 2.75. The Bertz CT molecular complexity index is 1190. The minimum atomic E-state index is -3.84. The molecule has 0 unspecified atom stereocenters. The SMILES string of the molecule is NS(=O)(=O)c1ccc(N2C(=O)CC(=O)Nc3c2ccc2ccccc32)cc1. The third kappa shape index (κ3) is 3.05. The van der Waals surface area contributed by atoms with Crippen molar-refractivity contribution in [2.24, 2.45) is 5.14 Å². The second-order valence-electron chi connectivity index (χ2n) is 6.17. The molecule has 0 fully saturated rings. The molecule has 1 aliphatic rings. The fourth-order valence-corrected chi connectivity index (χ4v) is 3.70. The van der Waals surface area contributed by atoms with Gasteiger partial charge in [-0.15, -0.1) is 0 Å². The number of nitrogens with zero attached hydrogens (tertiary/aromatic N) is 1. The highest BCUT2D eigenvalue weighted by Crippen LogP contribution is 2.39. The van der Waals surface area contributed by atoms with E-state index in [9.17, 15) is 18.0 Å². The van der Waals surface area contributed by atoms with Gasteiger partial charge in [0.25, 0.3) is 0 Å². The molecule has 0 saturated heterocycles. The van der Waals surface area contributed by atoms with E-state index in [2.05, 4.69) is 5.32 Å². The zero-order valence-corrected chi connectivity index (χ0v) is 14.9. The van der Waals surface area contributed by atoms with Gasteiger partial charge in [0, 0.05) is 11.1 Å². The molecule has 136 valence electrons.